The lowest BCUT2D eigenvalue weighted by Gasteiger charge is -2.31. The second-order valence-corrected chi connectivity index (χ2v) is 11.4. The summed E-state index contributed by atoms with van der Waals surface area (Å²) in [6.45, 7) is 8.74. The maximum absolute atomic E-state index is 13.7. The molecule has 0 aromatic heterocycles. The summed E-state index contributed by atoms with van der Waals surface area (Å²) in [6.07, 6.45) is 0.406. The van der Waals surface area contributed by atoms with Crippen LogP contribution in [0.2, 0.25) is 0 Å². The molecule has 0 bridgehead atoms. The molecule has 0 aliphatic rings. The highest BCUT2D eigenvalue weighted by atomic mass is 79.9. The van der Waals surface area contributed by atoms with Crippen molar-refractivity contribution in [2.45, 2.75) is 46.7 Å². The average Bonchev–Trinajstić information content (AvgIpc) is 2.88. The highest BCUT2D eigenvalue weighted by molar-refractivity contribution is 9.10. The standard InChI is InChI=1S/C30H34Br2N2O3/c1-20(2)17-33-30(36)27(16-23-8-6-5-7-9-23)34(18-24-10-12-25(31)13-11-24)28(35)19-37-26-14-21(3)29(32)22(4)15-26/h5-15,20,27H,16-19H2,1-4H3,(H,33,36)/t27-/m0/s1. The van der Waals surface area contributed by atoms with E-state index >= 15 is 0 Å². The molecule has 37 heavy (non-hydrogen) atoms. The summed E-state index contributed by atoms with van der Waals surface area (Å²) in [6, 6.07) is 20.7. The number of nitrogens with one attached hydrogen (secondary N) is 1. The quantitative estimate of drug-likeness (QED) is 0.259. The van der Waals surface area contributed by atoms with Gasteiger partial charge in [-0.2, -0.15) is 0 Å². The number of aryl methyl sites for hydroxylation is 2. The predicted molar refractivity (Wildman–Crippen MR) is 156 cm³/mol. The molecule has 0 unspecified atom stereocenters. The van der Waals surface area contributed by atoms with Gasteiger partial charge in [-0.15, -0.1) is 0 Å². The fourth-order valence-corrected chi connectivity index (χ4v) is 4.47. The molecule has 3 aromatic rings. The van der Waals surface area contributed by atoms with E-state index in [0.717, 1.165) is 31.2 Å². The van der Waals surface area contributed by atoms with Gasteiger partial charge in [0, 0.05) is 28.5 Å². The monoisotopic (exact) mass is 628 g/mol. The molecule has 0 fully saturated rings. The van der Waals surface area contributed by atoms with Crippen LogP contribution in [-0.4, -0.2) is 35.9 Å². The van der Waals surface area contributed by atoms with Gasteiger partial charge in [0.15, 0.2) is 6.61 Å². The number of carbonyl (C=O) groups excluding carboxylic acids is 2. The third-order valence-corrected chi connectivity index (χ3v) is 7.77. The van der Waals surface area contributed by atoms with E-state index < -0.39 is 6.04 Å². The van der Waals surface area contributed by atoms with Gasteiger partial charge in [-0.25, -0.2) is 0 Å². The Kier molecular flexibility index (Phi) is 10.8. The smallest absolute Gasteiger partial charge is 0.261 e. The van der Waals surface area contributed by atoms with E-state index in [-0.39, 0.29) is 18.4 Å². The van der Waals surface area contributed by atoms with Gasteiger partial charge in [0.1, 0.15) is 11.8 Å². The van der Waals surface area contributed by atoms with Crippen molar-refractivity contribution in [1.29, 1.82) is 0 Å². The number of benzene rings is 3. The number of hydrogen-bond donors (Lipinski definition) is 1. The molecule has 3 aromatic carbocycles. The Morgan fingerprint density at radius 2 is 1.54 bits per heavy atom. The molecule has 0 saturated heterocycles. The topological polar surface area (TPSA) is 58.6 Å². The fourth-order valence-electron chi connectivity index (χ4n) is 3.98. The molecule has 0 aliphatic heterocycles. The fraction of sp³-hybridized carbons (Fsp3) is 0.333. The number of carbonyl (C=O) groups is 2. The maximum Gasteiger partial charge on any atom is 0.261 e. The summed E-state index contributed by atoms with van der Waals surface area (Å²) in [4.78, 5) is 28.8. The van der Waals surface area contributed by atoms with Gasteiger partial charge in [0.25, 0.3) is 5.91 Å². The first kappa shape index (κ1) is 28.9. The summed E-state index contributed by atoms with van der Waals surface area (Å²) in [5.41, 5.74) is 3.98. The second-order valence-electron chi connectivity index (χ2n) is 9.65. The van der Waals surface area contributed by atoms with Crippen LogP contribution in [0.1, 0.15) is 36.1 Å². The van der Waals surface area contributed by atoms with E-state index in [2.05, 4.69) is 37.2 Å². The lowest BCUT2D eigenvalue weighted by Crippen LogP contribution is -2.52. The highest BCUT2D eigenvalue weighted by Crippen LogP contribution is 2.26. The molecular formula is C30H34Br2N2O3. The van der Waals surface area contributed by atoms with Crippen molar-refractivity contribution < 1.29 is 14.3 Å². The van der Waals surface area contributed by atoms with Crippen molar-refractivity contribution in [3.05, 3.63) is 97.9 Å². The number of halogens is 2. The summed E-state index contributed by atoms with van der Waals surface area (Å²) in [5, 5.41) is 3.04. The summed E-state index contributed by atoms with van der Waals surface area (Å²) in [5.74, 6) is 0.503. The maximum atomic E-state index is 13.7. The lowest BCUT2D eigenvalue weighted by atomic mass is 10.0. The van der Waals surface area contributed by atoms with Crippen LogP contribution < -0.4 is 10.1 Å². The number of rotatable bonds is 11. The zero-order chi connectivity index (χ0) is 26.9. The van der Waals surface area contributed by atoms with Crippen molar-refractivity contribution in [3.8, 4) is 5.75 Å². The first-order valence-corrected chi connectivity index (χ1v) is 14.0. The van der Waals surface area contributed by atoms with Gasteiger partial charge >= 0.3 is 0 Å². The first-order valence-electron chi connectivity index (χ1n) is 12.4. The molecule has 0 heterocycles. The van der Waals surface area contributed by atoms with Gasteiger partial charge < -0.3 is 15.0 Å². The van der Waals surface area contributed by atoms with E-state index in [4.69, 9.17) is 4.74 Å². The third kappa shape index (κ3) is 8.71. The lowest BCUT2D eigenvalue weighted by molar-refractivity contribution is -0.142. The van der Waals surface area contributed by atoms with E-state index in [0.29, 0.717) is 31.2 Å². The van der Waals surface area contributed by atoms with Crippen LogP contribution in [0.15, 0.2) is 75.7 Å². The number of amides is 2. The second kappa shape index (κ2) is 13.8. The molecule has 5 nitrogen and oxygen atoms in total. The molecule has 3 rings (SSSR count). The number of nitrogens with zero attached hydrogens (tertiary/aromatic N) is 1. The molecule has 0 radical (unpaired) electrons. The minimum absolute atomic E-state index is 0.167. The van der Waals surface area contributed by atoms with Gasteiger partial charge in [0.2, 0.25) is 5.91 Å². The third-order valence-electron chi connectivity index (χ3n) is 5.99. The van der Waals surface area contributed by atoms with Gasteiger partial charge in [-0.1, -0.05) is 88.2 Å². The van der Waals surface area contributed by atoms with Crippen LogP contribution in [0.3, 0.4) is 0 Å². The molecule has 2 amide bonds. The van der Waals surface area contributed by atoms with Crippen LogP contribution in [0.25, 0.3) is 0 Å². The Morgan fingerprint density at radius 3 is 2.14 bits per heavy atom. The normalized spacial score (nSPS) is 11.8. The Morgan fingerprint density at radius 1 is 0.919 bits per heavy atom. The van der Waals surface area contributed by atoms with Crippen LogP contribution in [0.4, 0.5) is 0 Å². The zero-order valence-electron chi connectivity index (χ0n) is 21.8. The minimum Gasteiger partial charge on any atom is -0.484 e. The molecule has 0 spiro atoms. The minimum atomic E-state index is -0.686. The first-order chi connectivity index (χ1) is 17.6. The van der Waals surface area contributed by atoms with Crippen molar-refractivity contribution >= 4 is 43.7 Å². The Labute approximate surface area is 236 Å². The van der Waals surface area contributed by atoms with Crippen LogP contribution in [0.5, 0.6) is 5.75 Å². The highest BCUT2D eigenvalue weighted by Gasteiger charge is 2.30. The Bertz CT molecular complexity index is 1170. The molecule has 0 saturated carbocycles. The van der Waals surface area contributed by atoms with E-state index in [1.165, 1.54) is 0 Å². The van der Waals surface area contributed by atoms with Gasteiger partial charge in [0.05, 0.1) is 0 Å². The van der Waals surface area contributed by atoms with E-state index in [1.807, 2.05) is 94.4 Å². The average molecular weight is 630 g/mol. The predicted octanol–water partition coefficient (Wildman–Crippen LogP) is 6.62. The molecule has 1 atom stereocenters. The summed E-state index contributed by atoms with van der Waals surface area (Å²) in [7, 11) is 0. The van der Waals surface area contributed by atoms with E-state index in [9.17, 15) is 9.59 Å². The summed E-state index contributed by atoms with van der Waals surface area (Å²) >= 11 is 7.04. The van der Waals surface area contributed by atoms with Gasteiger partial charge in [-0.3, -0.25) is 9.59 Å². The van der Waals surface area contributed by atoms with Crippen molar-refractivity contribution in [1.82, 2.24) is 10.2 Å². The molecular weight excluding hydrogens is 596 g/mol. The molecule has 1 N–H and O–H groups in total. The zero-order valence-corrected chi connectivity index (χ0v) is 24.9. The molecule has 7 heteroatoms. The SMILES string of the molecule is Cc1cc(OCC(=O)N(Cc2ccc(Br)cc2)[C@@H](Cc2ccccc2)C(=O)NCC(C)C)cc(C)c1Br. The number of ether oxygens (including phenoxy) is 1. The number of hydrogen-bond acceptors (Lipinski definition) is 3. The van der Waals surface area contributed by atoms with Crippen LogP contribution in [-0.2, 0) is 22.6 Å². The van der Waals surface area contributed by atoms with Crippen molar-refractivity contribution in [2.24, 2.45) is 5.92 Å². The van der Waals surface area contributed by atoms with Crippen LogP contribution >= 0.6 is 31.9 Å². The Balaban J connectivity index is 1.91. The molecule has 0 aliphatic carbocycles. The van der Waals surface area contributed by atoms with Crippen molar-refractivity contribution in [3.63, 3.8) is 0 Å². The summed E-state index contributed by atoms with van der Waals surface area (Å²) < 4.78 is 7.92. The van der Waals surface area contributed by atoms with Crippen LogP contribution in [0, 0.1) is 19.8 Å². The van der Waals surface area contributed by atoms with Crippen molar-refractivity contribution in [2.75, 3.05) is 13.2 Å². The van der Waals surface area contributed by atoms with Gasteiger partial charge in [-0.05, 0) is 66.3 Å². The largest absolute Gasteiger partial charge is 0.484 e. The van der Waals surface area contributed by atoms with E-state index in [1.54, 1.807) is 4.90 Å². The molecule has 196 valence electrons. The Hall–Kier alpha value is -2.64.